The van der Waals surface area contributed by atoms with Gasteiger partial charge in [-0.25, -0.2) is 4.98 Å². The highest BCUT2D eigenvalue weighted by molar-refractivity contribution is 4.89. The van der Waals surface area contributed by atoms with E-state index in [1.54, 1.807) is 0 Å². The molecule has 1 N–H and O–H groups in total. The number of imidazole rings is 1. The van der Waals surface area contributed by atoms with Gasteiger partial charge in [-0.3, -0.25) is 4.90 Å². The molecule has 0 aromatic carbocycles. The van der Waals surface area contributed by atoms with Crippen LogP contribution >= 0.6 is 0 Å². The first-order valence-corrected chi connectivity index (χ1v) is 7.53. The minimum atomic E-state index is 0.619. The minimum absolute atomic E-state index is 0.619. The quantitative estimate of drug-likeness (QED) is 0.901. The highest BCUT2D eigenvalue weighted by Gasteiger charge is 2.24. The van der Waals surface area contributed by atoms with Crippen LogP contribution < -0.4 is 5.32 Å². The van der Waals surface area contributed by atoms with E-state index in [0.717, 1.165) is 32.0 Å². The lowest BCUT2D eigenvalue weighted by Crippen LogP contribution is -2.44. The van der Waals surface area contributed by atoms with Crippen LogP contribution in [0.1, 0.15) is 33.0 Å². The molecule has 0 aliphatic carbocycles. The van der Waals surface area contributed by atoms with Gasteiger partial charge in [0.25, 0.3) is 0 Å². The van der Waals surface area contributed by atoms with E-state index in [4.69, 9.17) is 0 Å². The number of hydrogen-bond donors (Lipinski definition) is 1. The standard InChI is InChI=1S/C15H28N4/c1-12(2)15-11-19(13(3)5-6-17-15)10-9-18-8-7-16-14(18)4/h7-8,12-13,15,17H,5-6,9-11H2,1-4H3. The maximum atomic E-state index is 4.29. The lowest BCUT2D eigenvalue weighted by atomic mass is 10.0. The predicted octanol–water partition coefficient (Wildman–Crippen LogP) is 1.90. The number of nitrogens with zero attached hydrogens (tertiary/aromatic N) is 3. The topological polar surface area (TPSA) is 33.1 Å². The first kappa shape index (κ1) is 14.5. The number of hydrogen-bond acceptors (Lipinski definition) is 3. The largest absolute Gasteiger partial charge is 0.334 e. The maximum Gasteiger partial charge on any atom is 0.105 e. The van der Waals surface area contributed by atoms with Crippen LogP contribution in [-0.4, -0.2) is 46.2 Å². The first-order valence-electron chi connectivity index (χ1n) is 7.53. The Morgan fingerprint density at radius 2 is 2.21 bits per heavy atom. The molecular formula is C15H28N4. The van der Waals surface area contributed by atoms with Gasteiger partial charge < -0.3 is 9.88 Å². The SMILES string of the molecule is Cc1nccn1CCN1CC(C(C)C)NCCC1C. The Hall–Kier alpha value is -0.870. The molecule has 2 unspecified atom stereocenters. The van der Waals surface area contributed by atoms with Crippen LogP contribution in [-0.2, 0) is 6.54 Å². The van der Waals surface area contributed by atoms with Crippen molar-refractivity contribution in [2.24, 2.45) is 5.92 Å². The third-order valence-corrected chi connectivity index (χ3v) is 4.38. The van der Waals surface area contributed by atoms with Crippen molar-refractivity contribution in [2.45, 2.75) is 52.7 Å². The molecule has 108 valence electrons. The van der Waals surface area contributed by atoms with Gasteiger partial charge in [0.1, 0.15) is 5.82 Å². The molecule has 1 aromatic heterocycles. The van der Waals surface area contributed by atoms with E-state index in [9.17, 15) is 0 Å². The maximum absolute atomic E-state index is 4.29. The van der Waals surface area contributed by atoms with E-state index in [0.29, 0.717) is 18.0 Å². The minimum Gasteiger partial charge on any atom is -0.334 e. The molecule has 4 nitrogen and oxygen atoms in total. The van der Waals surface area contributed by atoms with Crippen LogP contribution in [0, 0.1) is 12.8 Å². The van der Waals surface area contributed by atoms with Crippen molar-refractivity contribution in [1.29, 1.82) is 0 Å². The lowest BCUT2D eigenvalue weighted by molar-refractivity contribution is 0.185. The summed E-state index contributed by atoms with van der Waals surface area (Å²) in [6.45, 7) is 13.5. The highest BCUT2D eigenvalue weighted by Crippen LogP contribution is 2.13. The van der Waals surface area contributed by atoms with Crippen LogP contribution in [0.5, 0.6) is 0 Å². The van der Waals surface area contributed by atoms with Crippen molar-refractivity contribution in [3.63, 3.8) is 0 Å². The van der Waals surface area contributed by atoms with Gasteiger partial charge in [0.2, 0.25) is 0 Å². The lowest BCUT2D eigenvalue weighted by Gasteiger charge is -2.30. The highest BCUT2D eigenvalue weighted by atomic mass is 15.2. The van der Waals surface area contributed by atoms with Gasteiger partial charge >= 0.3 is 0 Å². The fraction of sp³-hybridized carbons (Fsp3) is 0.800. The summed E-state index contributed by atoms with van der Waals surface area (Å²) in [6.07, 6.45) is 5.21. The molecule has 0 spiro atoms. The Morgan fingerprint density at radius 1 is 1.42 bits per heavy atom. The first-order chi connectivity index (χ1) is 9.08. The van der Waals surface area contributed by atoms with Crippen molar-refractivity contribution in [3.8, 4) is 0 Å². The van der Waals surface area contributed by atoms with E-state index in [1.807, 2.05) is 6.20 Å². The van der Waals surface area contributed by atoms with Gasteiger partial charge in [0.15, 0.2) is 0 Å². The second kappa shape index (κ2) is 6.53. The number of aryl methyl sites for hydroxylation is 1. The van der Waals surface area contributed by atoms with Gasteiger partial charge in [0.05, 0.1) is 0 Å². The Labute approximate surface area is 117 Å². The zero-order valence-electron chi connectivity index (χ0n) is 12.8. The summed E-state index contributed by atoms with van der Waals surface area (Å²) < 4.78 is 2.25. The number of aromatic nitrogens is 2. The average molecular weight is 264 g/mol. The van der Waals surface area contributed by atoms with Gasteiger partial charge in [-0.05, 0) is 32.7 Å². The molecule has 1 aliphatic heterocycles. The monoisotopic (exact) mass is 264 g/mol. The molecule has 0 amide bonds. The van der Waals surface area contributed by atoms with Crippen LogP contribution in [0.4, 0.5) is 0 Å². The van der Waals surface area contributed by atoms with Crippen molar-refractivity contribution < 1.29 is 0 Å². The third-order valence-electron chi connectivity index (χ3n) is 4.38. The third kappa shape index (κ3) is 3.80. The molecule has 19 heavy (non-hydrogen) atoms. The van der Waals surface area contributed by atoms with Gasteiger partial charge in [0, 0.05) is 44.1 Å². The molecule has 4 heteroatoms. The molecule has 0 bridgehead atoms. The Balaban J connectivity index is 1.94. The van der Waals surface area contributed by atoms with E-state index >= 15 is 0 Å². The fourth-order valence-corrected chi connectivity index (χ4v) is 2.79. The van der Waals surface area contributed by atoms with Crippen LogP contribution in [0.2, 0.25) is 0 Å². The van der Waals surface area contributed by atoms with E-state index in [1.165, 1.54) is 6.42 Å². The van der Waals surface area contributed by atoms with E-state index in [-0.39, 0.29) is 0 Å². The number of nitrogens with one attached hydrogen (secondary N) is 1. The summed E-state index contributed by atoms with van der Waals surface area (Å²) >= 11 is 0. The number of rotatable bonds is 4. The molecular weight excluding hydrogens is 236 g/mol. The summed E-state index contributed by atoms with van der Waals surface area (Å²) in [7, 11) is 0. The van der Waals surface area contributed by atoms with Crippen molar-refractivity contribution in [2.75, 3.05) is 19.6 Å². The Morgan fingerprint density at radius 3 is 2.84 bits per heavy atom. The summed E-state index contributed by atoms with van der Waals surface area (Å²) in [5, 5.41) is 3.69. The zero-order chi connectivity index (χ0) is 13.8. The zero-order valence-corrected chi connectivity index (χ0v) is 12.8. The molecule has 1 aliphatic rings. The molecule has 2 atom stereocenters. The average Bonchev–Trinajstić information content (AvgIpc) is 2.67. The van der Waals surface area contributed by atoms with Crippen LogP contribution in [0.25, 0.3) is 0 Å². The molecule has 0 saturated carbocycles. The second-order valence-electron chi connectivity index (χ2n) is 6.11. The second-order valence-corrected chi connectivity index (χ2v) is 6.11. The van der Waals surface area contributed by atoms with Crippen LogP contribution in [0.15, 0.2) is 12.4 Å². The van der Waals surface area contributed by atoms with Crippen LogP contribution in [0.3, 0.4) is 0 Å². The molecule has 2 heterocycles. The molecule has 1 saturated heterocycles. The normalized spacial score (nSPS) is 25.7. The van der Waals surface area contributed by atoms with Gasteiger partial charge in [-0.2, -0.15) is 0 Å². The van der Waals surface area contributed by atoms with E-state index in [2.05, 4.69) is 53.7 Å². The predicted molar refractivity (Wildman–Crippen MR) is 79.2 cm³/mol. The summed E-state index contributed by atoms with van der Waals surface area (Å²) in [4.78, 5) is 6.92. The van der Waals surface area contributed by atoms with E-state index < -0.39 is 0 Å². The van der Waals surface area contributed by atoms with Gasteiger partial charge in [-0.1, -0.05) is 13.8 Å². The summed E-state index contributed by atoms with van der Waals surface area (Å²) in [5.74, 6) is 1.81. The van der Waals surface area contributed by atoms with Crippen molar-refractivity contribution in [1.82, 2.24) is 19.8 Å². The molecule has 1 aromatic rings. The summed E-state index contributed by atoms with van der Waals surface area (Å²) in [5.41, 5.74) is 0. The van der Waals surface area contributed by atoms with Crippen molar-refractivity contribution >= 4 is 0 Å². The fourth-order valence-electron chi connectivity index (χ4n) is 2.79. The molecule has 0 radical (unpaired) electrons. The molecule has 2 rings (SSSR count). The van der Waals surface area contributed by atoms with Crippen molar-refractivity contribution in [3.05, 3.63) is 18.2 Å². The van der Waals surface area contributed by atoms with Gasteiger partial charge in [-0.15, -0.1) is 0 Å². The Kier molecular flexibility index (Phi) is 4.99. The smallest absolute Gasteiger partial charge is 0.105 e. The summed E-state index contributed by atoms with van der Waals surface area (Å²) in [6, 6.07) is 1.29. The molecule has 1 fully saturated rings. The Bertz CT molecular complexity index is 385.